The van der Waals surface area contributed by atoms with Crippen LogP contribution in [0.2, 0.25) is 0 Å². The Hall–Kier alpha value is -4.12. The van der Waals surface area contributed by atoms with Gasteiger partial charge in [-0.3, -0.25) is 14.4 Å². The molecule has 11 heteroatoms. The first-order valence-electron chi connectivity index (χ1n) is 14.2. The van der Waals surface area contributed by atoms with E-state index in [9.17, 15) is 18.8 Å². The summed E-state index contributed by atoms with van der Waals surface area (Å²) in [6.07, 6.45) is 4.09. The van der Waals surface area contributed by atoms with Crippen LogP contribution < -0.4 is 20.1 Å². The van der Waals surface area contributed by atoms with Crippen molar-refractivity contribution in [1.29, 1.82) is 0 Å². The fourth-order valence-corrected chi connectivity index (χ4v) is 5.87. The van der Waals surface area contributed by atoms with Crippen LogP contribution >= 0.6 is 0 Å². The van der Waals surface area contributed by atoms with Crippen molar-refractivity contribution in [3.05, 3.63) is 59.1 Å². The molecule has 2 saturated carbocycles. The number of fused-ring (bicyclic) bond motifs is 3. The molecule has 2 N–H and O–H groups in total. The van der Waals surface area contributed by atoms with Crippen LogP contribution in [0.5, 0.6) is 11.5 Å². The Bertz CT molecular complexity index is 1540. The molecule has 1 aliphatic heterocycles. The number of carbonyl (C=O) groups is 3. The number of halogens is 1. The number of methoxy groups -OCH3 is 2. The number of ether oxygens (including phenoxy) is 3. The average Bonchev–Trinajstić information content (AvgIpc) is 3.26. The summed E-state index contributed by atoms with van der Waals surface area (Å²) in [6.45, 7) is 1.49. The second kappa shape index (κ2) is 10.9. The van der Waals surface area contributed by atoms with Crippen LogP contribution in [-0.4, -0.2) is 67.2 Å². The normalized spacial score (nSPS) is 23.7. The number of hydrogen-bond acceptors (Lipinski definition) is 7. The highest BCUT2D eigenvalue weighted by Gasteiger charge is 2.53. The van der Waals surface area contributed by atoms with Gasteiger partial charge >= 0.3 is 0 Å². The monoisotopic (exact) mass is 579 g/mol. The second-order valence-electron chi connectivity index (χ2n) is 11.4. The molecule has 222 valence electrons. The molecule has 0 spiro atoms. The molecule has 10 nitrogen and oxygen atoms in total. The van der Waals surface area contributed by atoms with E-state index in [-0.39, 0.29) is 48.8 Å². The van der Waals surface area contributed by atoms with Gasteiger partial charge in [0.2, 0.25) is 11.7 Å². The van der Waals surface area contributed by atoms with E-state index in [0.717, 1.165) is 19.3 Å². The number of carbonyl (C=O) groups excluding carboxylic acids is 3. The lowest BCUT2D eigenvalue weighted by Gasteiger charge is -2.48. The molecule has 0 radical (unpaired) electrons. The summed E-state index contributed by atoms with van der Waals surface area (Å²) in [6, 6.07) is 8.95. The third kappa shape index (κ3) is 4.85. The van der Waals surface area contributed by atoms with Gasteiger partial charge in [0.25, 0.3) is 11.8 Å². The summed E-state index contributed by atoms with van der Waals surface area (Å²) < 4.78 is 36.9. The fourth-order valence-electron chi connectivity index (χ4n) is 5.87. The van der Waals surface area contributed by atoms with E-state index in [1.807, 2.05) is 0 Å². The number of amides is 3. The van der Waals surface area contributed by atoms with Crippen molar-refractivity contribution in [3.8, 4) is 11.5 Å². The van der Waals surface area contributed by atoms with Crippen molar-refractivity contribution in [1.82, 2.24) is 15.5 Å². The van der Waals surface area contributed by atoms with Gasteiger partial charge in [-0.2, -0.15) is 0 Å². The lowest BCUT2D eigenvalue weighted by Crippen LogP contribution is -2.66. The largest absolute Gasteiger partial charge is 0.496 e. The Morgan fingerprint density at radius 1 is 1.14 bits per heavy atom. The fraction of sp³-hybridized carbons (Fsp3) is 0.452. The number of nitrogens with zero attached hydrogens (tertiary/aromatic N) is 1. The Balaban J connectivity index is 1.30. The molecule has 3 aliphatic rings. The molecule has 3 amide bonds. The number of nitrogens with one attached hydrogen (secondary N) is 2. The van der Waals surface area contributed by atoms with Crippen LogP contribution in [0.4, 0.5) is 4.39 Å². The molecule has 1 aromatic heterocycles. The van der Waals surface area contributed by atoms with Crippen LogP contribution in [0.15, 0.2) is 40.8 Å². The molecular weight excluding hydrogens is 545 g/mol. The lowest BCUT2D eigenvalue weighted by molar-refractivity contribution is -0.138. The smallest absolute Gasteiger partial charge is 0.294 e. The third-order valence-corrected chi connectivity index (χ3v) is 8.73. The zero-order valence-electron chi connectivity index (χ0n) is 23.8. The summed E-state index contributed by atoms with van der Waals surface area (Å²) in [5.74, 6) is -0.961. The van der Waals surface area contributed by atoms with E-state index in [1.54, 1.807) is 32.2 Å². The standard InChI is InChI=1S/C31H34FN3O7/c1-31(30(38)33-15-18-11-19(32)8-10-24(18)40-3)16-41-26-23-9-7-17(28(36)34-20-5-4-6-20)12-25(23)42-27(26)29(37)35(31)21-13-22(14-21)39-2/h7-12,20-22H,4-6,13-16H2,1-3H3,(H,33,38)(H,34,36). The second-order valence-corrected chi connectivity index (χ2v) is 11.4. The summed E-state index contributed by atoms with van der Waals surface area (Å²) in [5, 5.41) is 6.40. The zero-order valence-corrected chi connectivity index (χ0v) is 23.8. The number of rotatable bonds is 8. The van der Waals surface area contributed by atoms with E-state index < -0.39 is 23.2 Å². The maximum Gasteiger partial charge on any atom is 0.294 e. The summed E-state index contributed by atoms with van der Waals surface area (Å²) in [4.78, 5) is 42.3. The molecule has 1 unspecified atom stereocenters. The van der Waals surface area contributed by atoms with Crippen molar-refractivity contribution in [2.24, 2.45) is 0 Å². The number of benzene rings is 2. The van der Waals surface area contributed by atoms with Gasteiger partial charge in [0, 0.05) is 36.9 Å². The third-order valence-electron chi connectivity index (χ3n) is 8.73. The van der Waals surface area contributed by atoms with E-state index in [4.69, 9.17) is 18.6 Å². The first-order valence-corrected chi connectivity index (χ1v) is 14.2. The highest BCUT2D eigenvalue weighted by atomic mass is 19.1. The quantitative estimate of drug-likeness (QED) is 0.415. The Morgan fingerprint density at radius 3 is 2.62 bits per heavy atom. The lowest BCUT2D eigenvalue weighted by atomic mass is 9.83. The van der Waals surface area contributed by atoms with Crippen molar-refractivity contribution in [3.63, 3.8) is 0 Å². The van der Waals surface area contributed by atoms with E-state index in [0.29, 0.717) is 40.7 Å². The predicted octanol–water partition coefficient (Wildman–Crippen LogP) is 3.95. The molecule has 2 aromatic carbocycles. The Morgan fingerprint density at radius 2 is 1.93 bits per heavy atom. The number of hydrogen-bond donors (Lipinski definition) is 2. The molecule has 6 rings (SSSR count). The highest BCUT2D eigenvalue weighted by molar-refractivity contribution is 6.06. The predicted molar refractivity (Wildman–Crippen MR) is 150 cm³/mol. The van der Waals surface area contributed by atoms with Crippen LogP contribution in [0.25, 0.3) is 11.0 Å². The van der Waals surface area contributed by atoms with Gasteiger partial charge in [0.15, 0.2) is 11.3 Å². The van der Waals surface area contributed by atoms with E-state index in [2.05, 4.69) is 10.6 Å². The maximum absolute atomic E-state index is 14.2. The first kappa shape index (κ1) is 28.0. The average molecular weight is 580 g/mol. The summed E-state index contributed by atoms with van der Waals surface area (Å²) in [5.41, 5.74) is -0.178. The van der Waals surface area contributed by atoms with Gasteiger partial charge in [-0.05, 0) is 75.4 Å². The first-order chi connectivity index (χ1) is 20.2. The molecule has 2 aliphatic carbocycles. The van der Waals surface area contributed by atoms with Crippen LogP contribution in [0.1, 0.15) is 65.5 Å². The molecule has 3 aromatic rings. The van der Waals surface area contributed by atoms with Crippen LogP contribution in [0, 0.1) is 5.82 Å². The van der Waals surface area contributed by atoms with Gasteiger partial charge < -0.3 is 34.2 Å². The SMILES string of the molecule is COc1ccc(F)cc1CNC(=O)C1(C)COc2c(oc3cc(C(=O)NC4CCC4)ccc23)C(=O)N1C1CC(OC)C1. The van der Waals surface area contributed by atoms with Crippen molar-refractivity contribution < 1.29 is 37.4 Å². The van der Waals surface area contributed by atoms with Gasteiger partial charge in [-0.25, -0.2) is 4.39 Å². The maximum atomic E-state index is 14.2. The van der Waals surface area contributed by atoms with E-state index in [1.165, 1.54) is 30.2 Å². The number of furan rings is 1. The Kier molecular flexibility index (Phi) is 7.30. The van der Waals surface area contributed by atoms with Gasteiger partial charge in [0.1, 0.15) is 23.8 Å². The van der Waals surface area contributed by atoms with E-state index >= 15 is 0 Å². The summed E-state index contributed by atoms with van der Waals surface area (Å²) >= 11 is 0. The summed E-state index contributed by atoms with van der Waals surface area (Å²) in [7, 11) is 3.08. The minimum absolute atomic E-state index is 0.0130. The minimum atomic E-state index is -1.42. The topological polar surface area (TPSA) is 119 Å². The van der Waals surface area contributed by atoms with Gasteiger partial charge in [-0.15, -0.1) is 0 Å². The molecule has 0 bridgehead atoms. The molecule has 2 fully saturated rings. The van der Waals surface area contributed by atoms with Crippen LogP contribution in [-0.2, 0) is 16.1 Å². The van der Waals surface area contributed by atoms with Crippen molar-refractivity contribution >= 4 is 28.7 Å². The molecular formula is C31H34FN3O7. The van der Waals surface area contributed by atoms with Gasteiger partial charge in [-0.1, -0.05) is 0 Å². The molecule has 1 atom stereocenters. The highest BCUT2D eigenvalue weighted by Crippen LogP contribution is 2.42. The minimum Gasteiger partial charge on any atom is -0.496 e. The van der Waals surface area contributed by atoms with Crippen molar-refractivity contribution in [2.75, 3.05) is 20.8 Å². The van der Waals surface area contributed by atoms with Gasteiger partial charge in [0.05, 0.1) is 18.6 Å². The zero-order chi connectivity index (χ0) is 29.6. The molecule has 2 heterocycles. The Labute approximate surface area is 242 Å². The molecule has 42 heavy (non-hydrogen) atoms. The van der Waals surface area contributed by atoms with Crippen LogP contribution in [0.3, 0.4) is 0 Å². The molecule has 0 saturated heterocycles. The van der Waals surface area contributed by atoms with Crippen molar-refractivity contribution in [2.45, 2.75) is 69.3 Å².